The van der Waals surface area contributed by atoms with Crippen molar-refractivity contribution in [1.29, 1.82) is 0 Å². The van der Waals surface area contributed by atoms with E-state index in [4.69, 9.17) is 9.47 Å². The normalized spacial score (nSPS) is 15.7. The molecule has 144 valence electrons. The van der Waals surface area contributed by atoms with E-state index >= 15 is 0 Å². The van der Waals surface area contributed by atoms with Crippen molar-refractivity contribution in [1.82, 2.24) is 20.3 Å². The summed E-state index contributed by atoms with van der Waals surface area (Å²) >= 11 is 3.43. The first-order valence-electron chi connectivity index (χ1n) is 8.84. The van der Waals surface area contributed by atoms with E-state index < -0.39 is 0 Å². The van der Waals surface area contributed by atoms with Gasteiger partial charge in [-0.25, -0.2) is 4.68 Å². The summed E-state index contributed by atoms with van der Waals surface area (Å²) < 4.78 is 13.9. The third kappa shape index (κ3) is 3.93. The Kier molecular flexibility index (Phi) is 5.40. The van der Waals surface area contributed by atoms with Gasteiger partial charge < -0.3 is 14.8 Å². The molecule has 0 bridgehead atoms. The topological polar surface area (TPSA) is 78.3 Å². The summed E-state index contributed by atoms with van der Waals surface area (Å²) in [4.78, 5) is 12.5. The van der Waals surface area contributed by atoms with Crippen LogP contribution >= 0.6 is 15.9 Å². The number of hydrogen-bond donors (Lipinski definition) is 1. The van der Waals surface area contributed by atoms with Gasteiger partial charge in [-0.3, -0.25) is 4.79 Å². The van der Waals surface area contributed by atoms with Crippen LogP contribution in [-0.4, -0.2) is 28.0 Å². The Morgan fingerprint density at radius 2 is 2.14 bits per heavy atom. The predicted molar refractivity (Wildman–Crippen MR) is 106 cm³/mol. The van der Waals surface area contributed by atoms with Crippen LogP contribution in [0.2, 0.25) is 0 Å². The molecule has 1 aromatic heterocycles. The Morgan fingerprint density at radius 3 is 2.89 bits per heavy atom. The van der Waals surface area contributed by atoms with Crippen molar-refractivity contribution in [2.75, 3.05) is 7.11 Å². The fourth-order valence-corrected chi connectivity index (χ4v) is 3.57. The van der Waals surface area contributed by atoms with Crippen molar-refractivity contribution in [3.8, 4) is 5.75 Å². The average molecular weight is 443 g/mol. The summed E-state index contributed by atoms with van der Waals surface area (Å²) in [7, 11) is 1.64. The third-order valence-corrected chi connectivity index (χ3v) is 5.14. The number of fused-ring (bicyclic) bond motifs is 1. The van der Waals surface area contributed by atoms with Gasteiger partial charge in [0.2, 0.25) is 0 Å². The molecule has 2 aromatic carbocycles. The minimum Gasteiger partial charge on any atom is -0.497 e. The molecule has 0 radical (unpaired) electrons. The molecule has 3 aromatic rings. The van der Waals surface area contributed by atoms with Crippen LogP contribution in [0.15, 0.2) is 53.0 Å². The number of nitrogens with one attached hydrogen (secondary N) is 1. The van der Waals surface area contributed by atoms with Gasteiger partial charge in [0.25, 0.3) is 5.91 Å². The summed E-state index contributed by atoms with van der Waals surface area (Å²) in [6.45, 7) is 1.21. The Morgan fingerprint density at radius 1 is 1.32 bits per heavy atom. The lowest BCUT2D eigenvalue weighted by Gasteiger charge is -2.24. The number of nitrogens with zero attached hydrogens (tertiary/aromatic N) is 3. The molecule has 0 aliphatic carbocycles. The molecule has 0 unspecified atom stereocenters. The number of hydrogen-bond acceptors (Lipinski definition) is 5. The fraction of sp³-hybridized carbons (Fsp3) is 0.250. The van der Waals surface area contributed by atoms with E-state index in [0.717, 1.165) is 21.3 Å². The number of halogens is 1. The highest BCUT2D eigenvalue weighted by Crippen LogP contribution is 2.28. The molecular formula is C20H19BrN4O3. The van der Waals surface area contributed by atoms with Gasteiger partial charge in [-0.05, 0) is 35.4 Å². The van der Waals surface area contributed by atoms with Crippen LogP contribution in [0.4, 0.5) is 0 Å². The maximum Gasteiger partial charge on any atom is 0.274 e. The van der Waals surface area contributed by atoms with E-state index in [1.807, 2.05) is 48.5 Å². The maximum absolute atomic E-state index is 12.5. The second-order valence-electron chi connectivity index (χ2n) is 6.45. The van der Waals surface area contributed by atoms with Gasteiger partial charge in [-0.15, -0.1) is 5.10 Å². The van der Waals surface area contributed by atoms with Gasteiger partial charge in [-0.1, -0.05) is 45.4 Å². The predicted octanol–water partition coefficient (Wildman–Crippen LogP) is 3.25. The minimum atomic E-state index is -0.257. The lowest BCUT2D eigenvalue weighted by atomic mass is 10.1. The van der Waals surface area contributed by atoms with Crippen molar-refractivity contribution in [3.05, 3.63) is 75.5 Å². The number of methoxy groups -OCH3 is 1. The van der Waals surface area contributed by atoms with E-state index in [-0.39, 0.29) is 18.6 Å². The smallest absolute Gasteiger partial charge is 0.274 e. The fourth-order valence-electron chi connectivity index (χ4n) is 3.12. The minimum absolute atomic E-state index is 0.141. The molecule has 0 saturated carbocycles. The number of carbonyl (C=O) groups is 1. The largest absolute Gasteiger partial charge is 0.497 e. The molecule has 8 heteroatoms. The second kappa shape index (κ2) is 8.12. The number of carbonyl (C=O) groups excluding carboxylic acids is 1. The molecule has 1 N–H and O–H groups in total. The van der Waals surface area contributed by atoms with Gasteiger partial charge in [0.05, 0.1) is 26.0 Å². The number of aromatic nitrogens is 3. The van der Waals surface area contributed by atoms with E-state index in [1.54, 1.807) is 11.8 Å². The summed E-state index contributed by atoms with van der Waals surface area (Å²) in [5.41, 5.74) is 3.03. The number of benzene rings is 2. The Balaban J connectivity index is 1.43. The molecule has 1 aliphatic heterocycles. The average Bonchev–Trinajstić information content (AvgIpc) is 3.15. The number of amides is 1. The van der Waals surface area contributed by atoms with Gasteiger partial charge in [0.15, 0.2) is 5.69 Å². The van der Waals surface area contributed by atoms with Crippen molar-refractivity contribution in [2.45, 2.75) is 25.8 Å². The molecule has 7 nitrogen and oxygen atoms in total. The van der Waals surface area contributed by atoms with Crippen LogP contribution in [-0.2, 0) is 24.4 Å². The third-order valence-electron chi connectivity index (χ3n) is 4.64. The summed E-state index contributed by atoms with van der Waals surface area (Å²) in [5.74, 6) is 0.540. The SMILES string of the molecule is COc1ccc([C@@H]2Cn3nnc(C(=O)NCc4cccc(Br)c4)c3CO2)cc1. The van der Waals surface area contributed by atoms with Crippen LogP contribution in [0.3, 0.4) is 0 Å². The zero-order chi connectivity index (χ0) is 19.5. The Labute approximate surface area is 170 Å². The van der Waals surface area contributed by atoms with E-state index in [0.29, 0.717) is 24.5 Å². The lowest BCUT2D eigenvalue weighted by molar-refractivity contribution is -0.00179. The van der Waals surface area contributed by atoms with Gasteiger partial charge in [0, 0.05) is 11.0 Å². The molecule has 28 heavy (non-hydrogen) atoms. The summed E-state index contributed by atoms with van der Waals surface area (Å²) in [5, 5.41) is 11.1. The highest BCUT2D eigenvalue weighted by atomic mass is 79.9. The van der Waals surface area contributed by atoms with Crippen LogP contribution in [0, 0.1) is 0 Å². The monoisotopic (exact) mass is 442 g/mol. The van der Waals surface area contributed by atoms with Crippen molar-refractivity contribution >= 4 is 21.8 Å². The van der Waals surface area contributed by atoms with Crippen molar-refractivity contribution in [3.63, 3.8) is 0 Å². The first-order chi connectivity index (χ1) is 13.6. The van der Waals surface area contributed by atoms with E-state index in [9.17, 15) is 4.79 Å². The van der Waals surface area contributed by atoms with Crippen LogP contribution < -0.4 is 10.1 Å². The molecule has 1 atom stereocenters. The first kappa shape index (κ1) is 18.6. The molecule has 1 aliphatic rings. The van der Waals surface area contributed by atoms with Crippen molar-refractivity contribution in [2.24, 2.45) is 0 Å². The Hall–Kier alpha value is -2.71. The summed E-state index contributed by atoms with van der Waals surface area (Å²) in [6, 6.07) is 15.5. The molecule has 2 heterocycles. The quantitative estimate of drug-likeness (QED) is 0.655. The summed E-state index contributed by atoms with van der Waals surface area (Å²) in [6.07, 6.45) is -0.141. The first-order valence-corrected chi connectivity index (χ1v) is 9.64. The molecular weight excluding hydrogens is 424 g/mol. The molecule has 0 spiro atoms. The lowest BCUT2D eigenvalue weighted by Crippen LogP contribution is -2.27. The zero-order valence-electron chi connectivity index (χ0n) is 15.3. The maximum atomic E-state index is 12.5. The standard InChI is InChI=1S/C20H19BrN4O3/c1-27-16-7-5-14(6-8-16)18-11-25-17(12-28-18)19(23-24-25)20(26)22-10-13-3-2-4-15(21)9-13/h2-9,18H,10-12H2,1H3,(H,22,26)/t18-/m0/s1. The van der Waals surface area contributed by atoms with E-state index in [1.165, 1.54) is 0 Å². The number of ether oxygens (including phenoxy) is 2. The molecule has 1 amide bonds. The van der Waals surface area contributed by atoms with Gasteiger partial charge in [-0.2, -0.15) is 0 Å². The highest BCUT2D eigenvalue weighted by Gasteiger charge is 2.27. The van der Waals surface area contributed by atoms with Gasteiger partial charge >= 0.3 is 0 Å². The molecule has 0 fully saturated rings. The van der Waals surface area contributed by atoms with Gasteiger partial charge in [0.1, 0.15) is 11.9 Å². The van der Waals surface area contributed by atoms with Crippen LogP contribution in [0.5, 0.6) is 5.75 Å². The van der Waals surface area contributed by atoms with Crippen molar-refractivity contribution < 1.29 is 14.3 Å². The van der Waals surface area contributed by atoms with Crippen LogP contribution in [0.1, 0.15) is 33.4 Å². The highest BCUT2D eigenvalue weighted by molar-refractivity contribution is 9.10. The zero-order valence-corrected chi connectivity index (χ0v) is 16.8. The molecule has 0 saturated heterocycles. The Bertz CT molecular complexity index is 987. The number of rotatable bonds is 5. The molecule has 4 rings (SSSR count). The van der Waals surface area contributed by atoms with Crippen LogP contribution in [0.25, 0.3) is 0 Å². The second-order valence-corrected chi connectivity index (χ2v) is 7.37. The van der Waals surface area contributed by atoms with E-state index in [2.05, 4.69) is 31.6 Å².